The van der Waals surface area contributed by atoms with Crippen LogP contribution in [0.15, 0.2) is 24.3 Å². The van der Waals surface area contributed by atoms with Crippen molar-refractivity contribution in [3.05, 3.63) is 46.5 Å². The van der Waals surface area contributed by atoms with Gasteiger partial charge < -0.3 is 0 Å². The predicted molar refractivity (Wildman–Crippen MR) is 179 cm³/mol. The van der Waals surface area contributed by atoms with E-state index in [0.29, 0.717) is 0 Å². The standard InChI is InChI=1S/C12H16.C10H18.C10H22.C4H10.C2H6/c1-9-7-8-11-5-3-4-6-12(11)10(9)2;1-8(2)10-6-4-9(3)5-7-10;1-4-6-7-9-10(3)8-5-2;1-4(2)3;1-2/h7-8H,3-6H2,1-2H3;9-10H,1,4-7H2,2-3H3;10H,4-9H2,1-3H3;4H,1-3H3;1-2H3. The second-order valence-electron chi connectivity index (χ2n) is 12.8. The number of hydrogen-bond donors (Lipinski definition) is 0. The van der Waals surface area contributed by atoms with E-state index in [-0.39, 0.29) is 0 Å². The minimum atomic E-state index is 0.833. The van der Waals surface area contributed by atoms with Gasteiger partial charge in [-0.1, -0.05) is 138 Å². The van der Waals surface area contributed by atoms with E-state index in [1.165, 1.54) is 107 Å². The monoisotopic (exact) mass is 529 g/mol. The van der Waals surface area contributed by atoms with Crippen molar-refractivity contribution in [1.82, 2.24) is 0 Å². The van der Waals surface area contributed by atoms with E-state index >= 15 is 0 Å². The fourth-order valence-electron chi connectivity index (χ4n) is 5.26. The lowest BCUT2D eigenvalue weighted by Crippen LogP contribution is -2.12. The molecule has 0 aromatic heterocycles. The number of fused-ring (bicyclic) bond motifs is 1. The minimum Gasteiger partial charge on any atom is -0.0999 e. The molecule has 1 unspecified atom stereocenters. The lowest BCUT2D eigenvalue weighted by molar-refractivity contribution is 0.321. The Morgan fingerprint density at radius 3 is 1.89 bits per heavy atom. The summed E-state index contributed by atoms with van der Waals surface area (Å²) in [6, 6.07) is 4.58. The number of rotatable bonds is 7. The van der Waals surface area contributed by atoms with Crippen molar-refractivity contribution < 1.29 is 0 Å². The van der Waals surface area contributed by atoms with Gasteiger partial charge >= 0.3 is 0 Å². The van der Waals surface area contributed by atoms with Crippen molar-refractivity contribution in [2.24, 2.45) is 23.7 Å². The highest BCUT2D eigenvalue weighted by molar-refractivity contribution is 5.40. The van der Waals surface area contributed by atoms with Gasteiger partial charge in [0.05, 0.1) is 0 Å². The van der Waals surface area contributed by atoms with Crippen LogP contribution < -0.4 is 0 Å². The molecule has 0 aliphatic heterocycles. The van der Waals surface area contributed by atoms with Crippen molar-refractivity contribution in [2.45, 2.75) is 173 Å². The first kappa shape index (κ1) is 39.1. The average molecular weight is 529 g/mol. The Balaban J connectivity index is 0. The largest absolute Gasteiger partial charge is 0.0999 e. The van der Waals surface area contributed by atoms with E-state index in [2.05, 4.69) is 87.9 Å². The third-order valence-corrected chi connectivity index (χ3v) is 7.88. The lowest BCUT2D eigenvalue weighted by Gasteiger charge is -2.26. The van der Waals surface area contributed by atoms with Crippen LogP contribution in [-0.4, -0.2) is 0 Å². The molecule has 2 aliphatic rings. The van der Waals surface area contributed by atoms with Crippen LogP contribution in [0.5, 0.6) is 0 Å². The van der Waals surface area contributed by atoms with Gasteiger partial charge in [0.25, 0.3) is 0 Å². The molecule has 0 spiro atoms. The van der Waals surface area contributed by atoms with Crippen LogP contribution in [0, 0.1) is 37.5 Å². The highest BCUT2D eigenvalue weighted by atomic mass is 14.2. The van der Waals surface area contributed by atoms with E-state index < -0.39 is 0 Å². The predicted octanol–water partition coefficient (Wildman–Crippen LogP) is 13.3. The summed E-state index contributed by atoms with van der Waals surface area (Å²) in [6.45, 7) is 30.4. The van der Waals surface area contributed by atoms with Crippen LogP contribution in [0.2, 0.25) is 0 Å². The van der Waals surface area contributed by atoms with Crippen molar-refractivity contribution in [1.29, 1.82) is 0 Å². The Bertz CT molecular complexity index is 669. The van der Waals surface area contributed by atoms with Crippen LogP contribution in [0.3, 0.4) is 0 Å². The van der Waals surface area contributed by atoms with Gasteiger partial charge in [-0.3, -0.25) is 0 Å². The molecule has 0 heterocycles. The first-order valence-electron chi connectivity index (χ1n) is 16.8. The van der Waals surface area contributed by atoms with Gasteiger partial charge in [-0.25, -0.2) is 0 Å². The van der Waals surface area contributed by atoms with Gasteiger partial charge in [-0.15, -0.1) is 0 Å². The van der Waals surface area contributed by atoms with Crippen LogP contribution in [-0.2, 0) is 12.8 Å². The molecular formula is C38H72. The first-order chi connectivity index (χ1) is 18.0. The van der Waals surface area contributed by atoms with E-state index in [9.17, 15) is 0 Å². The fourth-order valence-corrected chi connectivity index (χ4v) is 5.26. The molecule has 0 bridgehead atoms. The van der Waals surface area contributed by atoms with Gasteiger partial charge in [-0.05, 0) is 105 Å². The molecule has 0 N–H and O–H groups in total. The number of allylic oxidation sites excluding steroid dienone is 1. The molecule has 2 aliphatic carbocycles. The quantitative estimate of drug-likeness (QED) is 0.244. The summed E-state index contributed by atoms with van der Waals surface area (Å²) in [5.41, 5.74) is 7.63. The molecule has 1 fully saturated rings. The molecule has 1 saturated carbocycles. The molecule has 0 amide bonds. The number of benzene rings is 1. The lowest BCUT2D eigenvalue weighted by atomic mass is 9.80. The second kappa shape index (κ2) is 25.0. The van der Waals surface area contributed by atoms with E-state index in [4.69, 9.17) is 0 Å². The third-order valence-electron chi connectivity index (χ3n) is 7.88. The van der Waals surface area contributed by atoms with Gasteiger partial charge in [-0.2, -0.15) is 0 Å². The molecule has 0 nitrogen and oxygen atoms in total. The van der Waals surface area contributed by atoms with Crippen LogP contribution >= 0.6 is 0 Å². The van der Waals surface area contributed by atoms with Crippen molar-refractivity contribution in [3.63, 3.8) is 0 Å². The van der Waals surface area contributed by atoms with Crippen molar-refractivity contribution >= 4 is 0 Å². The van der Waals surface area contributed by atoms with Crippen LogP contribution in [0.1, 0.15) is 169 Å². The maximum atomic E-state index is 4.00. The third kappa shape index (κ3) is 19.9. The average Bonchev–Trinajstić information content (AvgIpc) is 2.89. The molecule has 1 atom stereocenters. The smallest absolute Gasteiger partial charge is 0.0208 e. The summed E-state index contributed by atoms with van der Waals surface area (Å²) in [7, 11) is 0. The molecule has 0 saturated heterocycles. The van der Waals surface area contributed by atoms with Gasteiger partial charge in [0.15, 0.2) is 0 Å². The highest BCUT2D eigenvalue weighted by Gasteiger charge is 2.17. The van der Waals surface area contributed by atoms with Gasteiger partial charge in [0.2, 0.25) is 0 Å². The summed E-state index contributed by atoms with van der Waals surface area (Å²) in [4.78, 5) is 0. The number of unbranched alkanes of at least 4 members (excludes halogenated alkanes) is 2. The summed E-state index contributed by atoms with van der Waals surface area (Å²) in [6.07, 6.45) is 19.4. The molecule has 224 valence electrons. The highest BCUT2D eigenvalue weighted by Crippen LogP contribution is 2.31. The summed E-state index contributed by atoms with van der Waals surface area (Å²) >= 11 is 0. The van der Waals surface area contributed by atoms with Crippen LogP contribution in [0.25, 0.3) is 0 Å². The van der Waals surface area contributed by atoms with E-state index in [1.54, 1.807) is 11.1 Å². The Kier molecular flexibility index (Phi) is 25.7. The molecule has 1 aromatic carbocycles. The Labute approximate surface area is 242 Å². The number of aryl methyl sites for hydroxylation is 2. The van der Waals surface area contributed by atoms with E-state index in [1.807, 2.05) is 13.8 Å². The number of hydrogen-bond acceptors (Lipinski definition) is 0. The van der Waals surface area contributed by atoms with Gasteiger partial charge in [0.1, 0.15) is 0 Å². The second-order valence-corrected chi connectivity index (χ2v) is 12.8. The summed E-state index contributed by atoms with van der Waals surface area (Å²) in [5.74, 6) is 3.61. The summed E-state index contributed by atoms with van der Waals surface area (Å²) in [5, 5.41) is 0. The molecule has 1 aromatic rings. The molecular weight excluding hydrogens is 456 g/mol. The summed E-state index contributed by atoms with van der Waals surface area (Å²) < 4.78 is 0. The first-order valence-corrected chi connectivity index (χ1v) is 16.8. The van der Waals surface area contributed by atoms with Gasteiger partial charge in [0, 0.05) is 0 Å². The zero-order valence-electron chi connectivity index (χ0n) is 28.6. The maximum Gasteiger partial charge on any atom is -0.0208 e. The zero-order valence-corrected chi connectivity index (χ0v) is 28.6. The molecule has 38 heavy (non-hydrogen) atoms. The van der Waals surface area contributed by atoms with Crippen molar-refractivity contribution in [3.8, 4) is 0 Å². The van der Waals surface area contributed by atoms with Crippen LogP contribution in [0.4, 0.5) is 0 Å². The maximum absolute atomic E-state index is 4.00. The normalized spacial score (nSPS) is 18.6. The fraction of sp³-hybridized carbons (Fsp3) is 0.789. The molecule has 0 radical (unpaired) electrons. The zero-order chi connectivity index (χ0) is 29.5. The van der Waals surface area contributed by atoms with E-state index in [0.717, 1.165) is 23.7 Å². The Morgan fingerprint density at radius 1 is 0.842 bits per heavy atom. The topological polar surface area (TPSA) is 0 Å². The molecule has 3 rings (SSSR count). The SMILES string of the molecule is C=C(C)C1CCC(C)CC1.CC.CC(C)C.CCCCCC(C)CCC.Cc1ccc2c(c1C)CCCC2. The van der Waals surface area contributed by atoms with Crippen molar-refractivity contribution in [2.75, 3.05) is 0 Å². The molecule has 0 heteroatoms. The Hall–Kier alpha value is -1.04. The minimum absolute atomic E-state index is 0.833. The Morgan fingerprint density at radius 2 is 1.39 bits per heavy atom.